The molecule has 1 amide bonds. The first-order chi connectivity index (χ1) is 6.63. The molecule has 1 aromatic carbocycles. The van der Waals surface area contributed by atoms with E-state index in [2.05, 4.69) is 5.32 Å². The lowest BCUT2D eigenvalue weighted by atomic mass is 10.1. The van der Waals surface area contributed by atoms with Gasteiger partial charge in [0.05, 0.1) is 13.2 Å². The van der Waals surface area contributed by atoms with Crippen molar-refractivity contribution in [1.82, 2.24) is 5.32 Å². The third-order valence-electron chi connectivity index (χ3n) is 2.01. The Morgan fingerprint density at radius 3 is 2.79 bits per heavy atom. The van der Waals surface area contributed by atoms with Crippen molar-refractivity contribution in [3.8, 4) is 5.75 Å². The normalized spacial score (nSPS) is 11.9. The molecule has 0 unspecified atom stereocenters. The molecule has 0 bridgehead atoms. The van der Waals surface area contributed by atoms with Crippen molar-refractivity contribution in [1.29, 1.82) is 0 Å². The topological polar surface area (TPSA) is 38.3 Å². The van der Waals surface area contributed by atoms with E-state index in [9.17, 15) is 4.79 Å². The Kier molecular flexibility index (Phi) is 3.51. The summed E-state index contributed by atoms with van der Waals surface area (Å²) in [5.74, 6) is 0.778. The zero-order chi connectivity index (χ0) is 10.6. The standard InChI is InChI=1S/C11H15NO2/c1-8(12-9(2)13)10-5-4-6-11(7-10)14-3/h4-8H,1-3H3,(H,12,13)/t8-/m1/s1. The van der Waals surface area contributed by atoms with Crippen molar-refractivity contribution in [2.75, 3.05) is 7.11 Å². The highest BCUT2D eigenvalue weighted by Gasteiger charge is 2.06. The molecule has 0 aliphatic rings. The van der Waals surface area contributed by atoms with Crippen molar-refractivity contribution in [3.05, 3.63) is 29.8 Å². The number of ether oxygens (including phenoxy) is 1. The van der Waals surface area contributed by atoms with E-state index < -0.39 is 0 Å². The Bertz CT molecular complexity index is 323. The average molecular weight is 193 g/mol. The SMILES string of the molecule is COc1cccc([C@@H](C)NC(C)=O)c1. The van der Waals surface area contributed by atoms with Gasteiger partial charge in [-0.1, -0.05) is 12.1 Å². The van der Waals surface area contributed by atoms with Crippen molar-refractivity contribution in [3.63, 3.8) is 0 Å². The Morgan fingerprint density at radius 1 is 1.50 bits per heavy atom. The lowest BCUT2D eigenvalue weighted by molar-refractivity contribution is -0.119. The molecule has 0 heterocycles. The first kappa shape index (κ1) is 10.6. The van der Waals surface area contributed by atoms with Crippen LogP contribution < -0.4 is 10.1 Å². The zero-order valence-electron chi connectivity index (χ0n) is 8.70. The smallest absolute Gasteiger partial charge is 0.217 e. The monoisotopic (exact) mass is 193 g/mol. The van der Waals surface area contributed by atoms with Gasteiger partial charge in [0.25, 0.3) is 0 Å². The van der Waals surface area contributed by atoms with Gasteiger partial charge in [-0.05, 0) is 24.6 Å². The molecule has 14 heavy (non-hydrogen) atoms. The van der Waals surface area contributed by atoms with Gasteiger partial charge >= 0.3 is 0 Å². The fourth-order valence-corrected chi connectivity index (χ4v) is 1.30. The van der Waals surface area contributed by atoms with Crippen LogP contribution in [-0.2, 0) is 4.79 Å². The molecule has 0 saturated carbocycles. The minimum absolute atomic E-state index is 0.0163. The van der Waals surface area contributed by atoms with Crippen molar-refractivity contribution >= 4 is 5.91 Å². The molecule has 0 aliphatic carbocycles. The lowest BCUT2D eigenvalue weighted by Crippen LogP contribution is -2.23. The number of amides is 1. The summed E-state index contributed by atoms with van der Waals surface area (Å²) in [6, 6.07) is 7.68. The second-order valence-electron chi connectivity index (χ2n) is 3.20. The van der Waals surface area contributed by atoms with Gasteiger partial charge in [-0.15, -0.1) is 0 Å². The highest BCUT2D eigenvalue weighted by Crippen LogP contribution is 2.18. The maximum Gasteiger partial charge on any atom is 0.217 e. The summed E-state index contributed by atoms with van der Waals surface area (Å²) in [4.78, 5) is 10.8. The zero-order valence-corrected chi connectivity index (χ0v) is 8.70. The van der Waals surface area contributed by atoms with Gasteiger partial charge in [0, 0.05) is 6.92 Å². The molecule has 0 saturated heterocycles. The molecular formula is C11H15NO2. The molecule has 76 valence electrons. The first-order valence-corrected chi connectivity index (χ1v) is 4.54. The van der Waals surface area contributed by atoms with E-state index in [-0.39, 0.29) is 11.9 Å². The fraction of sp³-hybridized carbons (Fsp3) is 0.364. The van der Waals surface area contributed by atoms with E-state index in [1.165, 1.54) is 6.92 Å². The molecule has 3 nitrogen and oxygen atoms in total. The summed E-state index contributed by atoms with van der Waals surface area (Å²) in [5.41, 5.74) is 1.04. The van der Waals surface area contributed by atoms with Gasteiger partial charge in [0.15, 0.2) is 0 Å². The van der Waals surface area contributed by atoms with Gasteiger partial charge in [-0.2, -0.15) is 0 Å². The molecule has 1 atom stereocenters. The van der Waals surface area contributed by atoms with E-state index in [0.29, 0.717) is 0 Å². The molecule has 1 rings (SSSR count). The second-order valence-corrected chi connectivity index (χ2v) is 3.20. The maximum atomic E-state index is 10.8. The number of methoxy groups -OCH3 is 1. The molecule has 0 spiro atoms. The quantitative estimate of drug-likeness (QED) is 0.796. The van der Waals surface area contributed by atoms with Crippen molar-refractivity contribution in [2.24, 2.45) is 0 Å². The van der Waals surface area contributed by atoms with Gasteiger partial charge in [-0.25, -0.2) is 0 Å². The molecule has 1 N–H and O–H groups in total. The van der Waals surface area contributed by atoms with Gasteiger partial charge in [0.2, 0.25) is 5.91 Å². The number of rotatable bonds is 3. The molecule has 1 aromatic rings. The molecule has 0 aromatic heterocycles. The van der Waals surface area contributed by atoms with Crippen LogP contribution in [0.2, 0.25) is 0 Å². The Morgan fingerprint density at radius 2 is 2.21 bits per heavy atom. The third-order valence-corrected chi connectivity index (χ3v) is 2.01. The van der Waals surface area contributed by atoms with Crippen LogP contribution in [0.5, 0.6) is 5.75 Å². The number of nitrogens with one attached hydrogen (secondary N) is 1. The van der Waals surface area contributed by atoms with Crippen LogP contribution in [0, 0.1) is 0 Å². The number of benzene rings is 1. The minimum atomic E-state index is -0.0275. The Balaban J connectivity index is 2.78. The summed E-state index contributed by atoms with van der Waals surface area (Å²) in [5, 5.41) is 2.82. The number of carbonyl (C=O) groups is 1. The van der Waals surface area contributed by atoms with E-state index in [1.807, 2.05) is 31.2 Å². The third kappa shape index (κ3) is 2.76. The molecule has 0 fully saturated rings. The molecular weight excluding hydrogens is 178 g/mol. The highest BCUT2D eigenvalue weighted by molar-refractivity contribution is 5.73. The summed E-state index contributed by atoms with van der Waals surface area (Å²) < 4.78 is 5.10. The molecule has 3 heteroatoms. The second kappa shape index (κ2) is 4.65. The summed E-state index contributed by atoms with van der Waals surface area (Å²) in [6.45, 7) is 3.45. The van der Waals surface area contributed by atoms with Crippen LogP contribution in [0.1, 0.15) is 25.5 Å². The minimum Gasteiger partial charge on any atom is -0.497 e. The average Bonchev–Trinajstić information content (AvgIpc) is 2.17. The van der Waals surface area contributed by atoms with Gasteiger partial charge < -0.3 is 10.1 Å². The largest absolute Gasteiger partial charge is 0.497 e. The van der Waals surface area contributed by atoms with E-state index >= 15 is 0 Å². The summed E-state index contributed by atoms with van der Waals surface area (Å²) in [7, 11) is 1.63. The summed E-state index contributed by atoms with van der Waals surface area (Å²) in [6.07, 6.45) is 0. The Labute approximate surface area is 84.1 Å². The van der Waals surface area contributed by atoms with Gasteiger partial charge in [-0.3, -0.25) is 4.79 Å². The van der Waals surface area contributed by atoms with Crippen LogP contribution in [0.4, 0.5) is 0 Å². The van der Waals surface area contributed by atoms with Crippen LogP contribution in [0.3, 0.4) is 0 Å². The summed E-state index contributed by atoms with van der Waals surface area (Å²) >= 11 is 0. The number of hydrogen-bond donors (Lipinski definition) is 1. The Hall–Kier alpha value is -1.51. The fourth-order valence-electron chi connectivity index (χ4n) is 1.30. The lowest BCUT2D eigenvalue weighted by Gasteiger charge is -2.13. The van der Waals surface area contributed by atoms with Crippen molar-refractivity contribution in [2.45, 2.75) is 19.9 Å². The molecule has 0 aliphatic heterocycles. The number of hydrogen-bond acceptors (Lipinski definition) is 2. The van der Waals surface area contributed by atoms with E-state index in [4.69, 9.17) is 4.74 Å². The molecule has 0 radical (unpaired) electrons. The van der Waals surface area contributed by atoms with E-state index in [1.54, 1.807) is 7.11 Å². The van der Waals surface area contributed by atoms with Crippen molar-refractivity contribution < 1.29 is 9.53 Å². The predicted molar refractivity (Wildman–Crippen MR) is 55.2 cm³/mol. The highest BCUT2D eigenvalue weighted by atomic mass is 16.5. The first-order valence-electron chi connectivity index (χ1n) is 4.54. The van der Waals surface area contributed by atoms with Gasteiger partial charge in [0.1, 0.15) is 5.75 Å². The number of carbonyl (C=O) groups excluding carboxylic acids is 1. The maximum absolute atomic E-state index is 10.8. The van der Waals surface area contributed by atoms with Crippen LogP contribution in [0.25, 0.3) is 0 Å². The van der Waals surface area contributed by atoms with E-state index in [0.717, 1.165) is 11.3 Å². The van der Waals surface area contributed by atoms with Crippen LogP contribution in [0.15, 0.2) is 24.3 Å². The predicted octanol–water partition coefficient (Wildman–Crippen LogP) is 1.89. The van der Waals surface area contributed by atoms with Crippen LogP contribution >= 0.6 is 0 Å². The van der Waals surface area contributed by atoms with Crippen LogP contribution in [-0.4, -0.2) is 13.0 Å².